The molecule has 1 saturated heterocycles. The highest BCUT2D eigenvalue weighted by Gasteiger charge is 2.33. The normalized spacial score (nSPS) is 14.9. The summed E-state index contributed by atoms with van der Waals surface area (Å²) in [6, 6.07) is 17.9. The molecule has 0 bridgehead atoms. The highest BCUT2D eigenvalue weighted by molar-refractivity contribution is 8.15. The van der Waals surface area contributed by atoms with Crippen LogP contribution >= 0.6 is 11.8 Å². The van der Waals surface area contributed by atoms with Gasteiger partial charge in [0, 0.05) is 17.7 Å². The molecule has 1 unspecified atom stereocenters. The Morgan fingerprint density at radius 1 is 1.04 bits per heavy atom. The number of nitrogens with one attached hydrogen (secondary N) is 1. The lowest BCUT2D eigenvalue weighted by Gasteiger charge is -2.22. The minimum absolute atomic E-state index is 0.142. The van der Waals surface area contributed by atoms with E-state index in [1.54, 1.807) is 13.2 Å². The summed E-state index contributed by atoms with van der Waals surface area (Å²) in [6.45, 7) is 5.97. The third-order valence-corrected chi connectivity index (χ3v) is 8.26. The fourth-order valence-electron chi connectivity index (χ4n) is 4.94. The summed E-state index contributed by atoms with van der Waals surface area (Å²) in [5.74, 6) is 0.930. The van der Waals surface area contributed by atoms with E-state index in [1.165, 1.54) is 51.9 Å². The maximum atomic E-state index is 12.9. The smallest absolute Gasteiger partial charge is 0.497 e. The van der Waals surface area contributed by atoms with Gasteiger partial charge in [0.2, 0.25) is 5.91 Å². The molecule has 1 aromatic heterocycles. The first-order valence-electron chi connectivity index (χ1n) is 14.8. The number of hydrogen-bond acceptors (Lipinski definition) is 7. The molecule has 2 heterocycles. The molecule has 10 nitrogen and oxygen atoms in total. The van der Waals surface area contributed by atoms with Crippen molar-refractivity contribution >= 4 is 34.6 Å². The molecule has 3 aromatic carbocycles. The van der Waals surface area contributed by atoms with E-state index in [9.17, 15) is 22.8 Å². The number of carbonyl (C=O) groups is 2. The van der Waals surface area contributed by atoms with E-state index in [2.05, 4.69) is 25.1 Å². The van der Waals surface area contributed by atoms with Crippen LogP contribution in [0.15, 0.2) is 78.0 Å². The Kier molecular flexibility index (Phi) is 10.2. The zero-order valence-electron chi connectivity index (χ0n) is 26.1. The van der Waals surface area contributed by atoms with Gasteiger partial charge < -0.3 is 14.8 Å². The van der Waals surface area contributed by atoms with Crippen LogP contribution in [0.1, 0.15) is 44.2 Å². The van der Waals surface area contributed by atoms with Gasteiger partial charge in [-0.05, 0) is 67.1 Å². The van der Waals surface area contributed by atoms with Crippen molar-refractivity contribution < 1.29 is 32.2 Å². The number of thioether (sulfide) groups is 1. The second-order valence-electron chi connectivity index (χ2n) is 11.1. The first-order valence-corrected chi connectivity index (χ1v) is 15.8. The largest absolute Gasteiger partial charge is 0.573 e. The number of amidine groups is 1. The van der Waals surface area contributed by atoms with Crippen LogP contribution in [0, 0.1) is 0 Å². The van der Waals surface area contributed by atoms with Gasteiger partial charge in [-0.1, -0.05) is 55.9 Å². The Bertz CT molecular complexity index is 1760. The first kappa shape index (κ1) is 33.5. The zero-order chi connectivity index (χ0) is 33.7. The molecule has 1 N–H and O–H groups in total. The predicted octanol–water partition coefficient (Wildman–Crippen LogP) is 7.13. The third-order valence-electron chi connectivity index (χ3n) is 7.34. The van der Waals surface area contributed by atoms with Crippen molar-refractivity contribution in [2.24, 2.45) is 4.99 Å². The molecule has 0 aliphatic carbocycles. The molecule has 0 radical (unpaired) electrons. The SMILES string of the molecule is COc1ccc(C(C)C)c(N2C(=O)CS/C2=N\C(=O)NC(C)CCc2ccc(-c3ncn(-c4ccc(OC(F)(F)F)cc4)n3)cc2)c1. The number of aromatic nitrogens is 3. The molecule has 0 spiro atoms. The van der Waals surface area contributed by atoms with Gasteiger partial charge in [-0.25, -0.2) is 14.5 Å². The van der Waals surface area contributed by atoms with Crippen LogP contribution in [0.4, 0.5) is 23.7 Å². The van der Waals surface area contributed by atoms with Crippen LogP contribution in [0.2, 0.25) is 0 Å². The average molecular weight is 667 g/mol. The number of carbonyl (C=O) groups excluding carboxylic acids is 2. The number of aliphatic imine (C=N–C) groups is 1. The predicted molar refractivity (Wildman–Crippen MR) is 174 cm³/mol. The molecule has 5 rings (SSSR count). The van der Waals surface area contributed by atoms with Gasteiger partial charge in [0.25, 0.3) is 0 Å². The Morgan fingerprint density at radius 3 is 2.40 bits per heavy atom. The fourth-order valence-corrected chi connectivity index (χ4v) is 5.80. The van der Waals surface area contributed by atoms with Gasteiger partial charge >= 0.3 is 12.4 Å². The minimum atomic E-state index is -4.76. The van der Waals surface area contributed by atoms with Gasteiger partial charge in [0.1, 0.15) is 17.8 Å². The quantitative estimate of drug-likeness (QED) is 0.192. The van der Waals surface area contributed by atoms with Gasteiger partial charge in [-0.2, -0.15) is 4.99 Å². The van der Waals surface area contributed by atoms with Crippen molar-refractivity contribution in [1.82, 2.24) is 20.1 Å². The van der Waals surface area contributed by atoms with E-state index in [0.29, 0.717) is 41.0 Å². The Labute approximate surface area is 274 Å². The number of alkyl halides is 3. The molecule has 47 heavy (non-hydrogen) atoms. The van der Waals surface area contributed by atoms with Crippen LogP contribution in [0.5, 0.6) is 11.5 Å². The third kappa shape index (κ3) is 8.50. The summed E-state index contributed by atoms with van der Waals surface area (Å²) in [4.78, 5) is 35.8. The van der Waals surface area contributed by atoms with Crippen molar-refractivity contribution in [1.29, 1.82) is 0 Å². The number of halogens is 3. The Morgan fingerprint density at radius 2 is 1.74 bits per heavy atom. The number of rotatable bonds is 10. The van der Waals surface area contributed by atoms with Crippen molar-refractivity contribution in [3.05, 3.63) is 84.2 Å². The van der Waals surface area contributed by atoms with E-state index in [0.717, 1.165) is 16.7 Å². The van der Waals surface area contributed by atoms with Gasteiger partial charge in [0.15, 0.2) is 11.0 Å². The molecule has 1 fully saturated rings. The van der Waals surface area contributed by atoms with E-state index < -0.39 is 12.4 Å². The maximum Gasteiger partial charge on any atom is 0.573 e. The molecule has 1 aliphatic heterocycles. The molecule has 3 amide bonds. The molecular weight excluding hydrogens is 633 g/mol. The first-order chi connectivity index (χ1) is 22.4. The van der Waals surface area contributed by atoms with E-state index in [-0.39, 0.29) is 29.4 Å². The summed E-state index contributed by atoms with van der Waals surface area (Å²) >= 11 is 1.23. The summed E-state index contributed by atoms with van der Waals surface area (Å²) in [5, 5.41) is 7.67. The Balaban J connectivity index is 1.17. The minimum Gasteiger partial charge on any atom is -0.497 e. The van der Waals surface area contributed by atoms with Gasteiger partial charge in [-0.3, -0.25) is 9.69 Å². The van der Waals surface area contributed by atoms with Crippen molar-refractivity contribution in [2.75, 3.05) is 17.8 Å². The van der Waals surface area contributed by atoms with E-state index in [4.69, 9.17) is 4.74 Å². The monoisotopic (exact) mass is 666 g/mol. The number of anilines is 1. The van der Waals surface area contributed by atoms with Gasteiger partial charge in [0.05, 0.1) is 24.2 Å². The number of amides is 3. The highest BCUT2D eigenvalue weighted by Crippen LogP contribution is 2.36. The van der Waals surface area contributed by atoms with Crippen LogP contribution in [-0.4, -0.2) is 57.1 Å². The fraction of sp³-hybridized carbons (Fsp3) is 0.303. The Hall–Kier alpha value is -4.85. The van der Waals surface area contributed by atoms with Crippen LogP contribution < -0.4 is 19.7 Å². The summed E-state index contributed by atoms with van der Waals surface area (Å²) in [6.07, 6.45) is -1.94. The number of nitrogens with zero attached hydrogens (tertiary/aromatic N) is 5. The molecule has 4 aromatic rings. The summed E-state index contributed by atoms with van der Waals surface area (Å²) in [5.41, 5.74) is 3.96. The summed E-state index contributed by atoms with van der Waals surface area (Å²) < 4.78 is 48.0. The van der Waals surface area contributed by atoms with E-state index >= 15 is 0 Å². The van der Waals surface area contributed by atoms with E-state index in [1.807, 2.05) is 57.2 Å². The highest BCUT2D eigenvalue weighted by atomic mass is 32.2. The lowest BCUT2D eigenvalue weighted by molar-refractivity contribution is -0.274. The van der Waals surface area contributed by atoms with Crippen molar-refractivity contribution in [3.8, 4) is 28.6 Å². The summed E-state index contributed by atoms with van der Waals surface area (Å²) in [7, 11) is 1.56. The maximum absolute atomic E-state index is 12.9. The lowest BCUT2D eigenvalue weighted by atomic mass is 10.00. The van der Waals surface area contributed by atoms with Crippen LogP contribution in [-0.2, 0) is 11.2 Å². The number of benzene rings is 3. The van der Waals surface area contributed by atoms with Crippen molar-refractivity contribution in [2.45, 2.75) is 51.9 Å². The number of methoxy groups -OCH3 is 1. The molecule has 0 saturated carbocycles. The number of hydrogen-bond donors (Lipinski definition) is 1. The molecule has 1 aliphatic rings. The zero-order valence-corrected chi connectivity index (χ0v) is 26.9. The average Bonchev–Trinajstić information content (AvgIpc) is 3.66. The molecular formula is C33H33F3N6O4S. The topological polar surface area (TPSA) is 111 Å². The molecule has 246 valence electrons. The number of ether oxygens (including phenoxy) is 2. The van der Waals surface area contributed by atoms with Crippen LogP contribution in [0.3, 0.4) is 0 Å². The number of aryl methyl sites for hydroxylation is 1. The van der Waals surface area contributed by atoms with Crippen LogP contribution in [0.25, 0.3) is 17.1 Å². The standard InChI is InChI=1S/C33H33F3N6O4S/c1-20(2)27-16-15-26(45-4)17-28(27)42-29(43)18-47-32(42)39-31(44)38-21(3)5-6-22-7-9-23(10-8-22)30-37-19-41(40-30)24-11-13-25(14-12-24)46-33(34,35)36/h7-17,19-21H,5-6,18H2,1-4H3,(H,38,44)/b39-32-. The lowest BCUT2D eigenvalue weighted by Crippen LogP contribution is -2.34. The molecule has 1 atom stereocenters. The number of urea groups is 1. The van der Waals surface area contributed by atoms with Gasteiger partial charge in [-0.15, -0.1) is 18.3 Å². The molecule has 14 heteroatoms. The van der Waals surface area contributed by atoms with Crippen molar-refractivity contribution in [3.63, 3.8) is 0 Å². The second kappa shape index (κ2) is 14.3. The second-order valence-corrected chi connectivity index (χ2v) is 12.1.